The fraction of sp³-hybridized carbons (Fsp3) is 0.0588. The van der Waals surface area contributed by atoms with Crippen LogP contribution in [-0.4, -0.2) is 28.6 Å². The van der Waals surface area contributed by atoms with Crippen molar-refractivity contribution < 1.29 is 8.42 Å². The number of hydrogen-bond donors (Lipinski definition) is 3. The zero-order valence-corrected chi connectivity index (χ0v) is 15.0. The summed E-state index contributed by atoms with van der Waals surface area (Å²) in [6.07, 6.45) is 3.10. The van der Waals surface area contributed by atoms with Crippen molar-refractivity contribution >= 4 is 32.7 Å². The molecule has 3 N–H and O–H groups in total. The molecule has 132 valence electrons. The van der Waals surface area contributed by atoms with Gasteiger partial charge in [0, 0.05) is 29.3 Å². The van der Waals surface area contributed by atoms with Crippen LogP contribution in [0.5, 0.6) is 0 Å². The van der Waals surface area contributed by atoms with Crippen LogP contribution >= 0.6 is 11.6 Å². The van der Waals surface area contributed by atoms with E-state index in [0.29, 0.717) is 22.1 Å². The molecule has 7 nitrogen and oxygen atoms in total. The maximum atomic E-state index is 12.5. The lowest BCUT2D eigenvalue weighted by molar-refractivity contribution is 0.581. The molecule has 0 atom stereocenters. The quantitative estimate of drug-likeness (QED) is 0.489. The molecule has 1 aromatic carbocycles. The highest BCUT2D eigenvalue weighted by Crippen LogP contribution is 2.26. The van der Waals surface area contributed by atoms with Crippen LogP contribution in [0.4, 0.5) is 0 Å². The molecule has 0 aliphatic heterocycles. The summed E-state index contributed by atoms with van der Waals surface area (Å²) >= 11 is 5.84. The zero-order valence-electron chi connectivity index (χ0n) is 13.4. The molecule has 0 fully saturated rings. The standard InChI is InChI=1S/C17H14ClN5O2S/c18-12-5-3-11(4-6-12)9-21-26(24,25)13-8-15(20-10-13)16-14-2-1-7-19-17(14)23-22-16/h1-8,10,20-21H,9H2,(H,19,22,23). The lowest BCUT2D eigenvalue weighted by Gasteiger charge is -2.05. The summed E-state index contributed by atoms with van der Waals surface area (Å²) in [7, 11) is -3.66. The Kier molecular flexibility index (Phi) is 4.23. The molecule has 0 radical (unpaired) electrons. The summed E-state index contributed by atoms with van der Waals surface area (Å²) in [6, 6.07) is 12.2. The van der Waals surface area contributed by atoms with Crippen LogP contribution < -0.4 is 4.72 Å². The number of aromatic amines is 2. The molecule has 0 saturated heterocycles. The molecule has 0 aliphatic carbocycles. The van der Waals surface area contributed by atoms with Gasteiger partial charge in [-0.3, -0.25) is 5.10 Å². The van der Waals surface area contributed by atoms with Crippen molar-refractivity contribution in [2.75, 3.05) is 0 Å². The van der Waals surface area contributed by atoms with E-state index in [1.54, 1.807) is 42.6 Å². The minimum atomic E-state index is -3.66. The van der Waals surface area contributed by atoms with Crippen LogP contribution in [0.15, 0.2) is 59.8 Å². The van der Waals surface area contributed by atoms with Crippen LogP contribution in [0, 0.1) is 0 Å². The molecule has 0 bridgehead atoms. The second kappa shape index (κ2) is 6.56. The Morgan fingerprint density at radius 2 is 1.96 bits per heavy atom. The highest BCUT2D eigenvalue weighted by molar-refractivity contribution is 7.89. The maximum absolute atomic E-state index is 12.5. The first-order valence-electron chi connectivity index (χ1n) is 7.75. The molecule has 0 unspecified atom stereocenters. The lowest BCUT2D eigenvalue weighted by atomic mass is 10.2. The fourth-order valence-electron chi connectivity index (χ4n) is 2.59. The first kappa shape index (κ1) is 16.8. The molecule has 0 saturated carbocycles. The predicted molar refractivity (Wildman–Crippen MR) is 99.2 cm³/mol. The Morgan fingerprint density at radius 1 is 1.15 bits per heavy atom. The van der Waals surface area contributed by atoms with Crippen LogP contribution in [0.25, 0.3) is 22.4 Å². The number of nitrogens with one attached hydrogen (secondary N) is 3. The number of benzene rings is 1. The number of fused-ring (bicyclic) bond motifs is 1. The van der Waals surface area contributed by atoms with Crippen LogP contribution in [-0.2, 0) is 16.6 Å². The Labute approximate surface area is 154 Å². The summed E-state index contributed by atoms with van der Waals surface area (Å²) in [6.45, 7) is 0.178. The van der Waals surface area contributed by atoms with Crippen molar-refractivity contribution in [2.45, 2.75) is 11.4 Å². The third kappa shape index (κ3) is 3.22. The zero-order chi connectivity index (χ0) is 18.1. The van der Waals surface area contributed by atoms with Gasteiger partial charge in [-0.25, -0.2) is 18.1 Å². The van der Waals surface area contributed by atoms with Crippen molar-refractivity contribution in [3.63, 3.8) is 0 Å². The largest absolute Gasteiger partial charge is 0.359 e. The van der Waals surface area contributed by atoms with E-state index in [4.69, 9.17) is 11.6 Å². The van der Waals surface area contributed by atoms with Crippen molar-refractivity contribution in [3.8, 4) is 11.4 Å². The average Bonchev–Trinajstić information content (AvgIpc) is 3.28. The molecule has 0 aliphatic rings. The van der Waals surface area contributed by atoms with Gasteiger partial charge in [0.1, 0.15) is 4.90 Å². The van der Waals surface area contributed by atoms with Gasteiger partial charge in [0.25, 0.3) is 0 Å². The van der Waals surface area contributed by atoms with E-state index >= 15 is 0 Å². The first-order valence-corrected chi connectivity index (χ1v) is 9.61. The molecular formula is C17H14ClN5O2S. The Bertz CT molecular complexity index is 1170. The number of sulfonamides is 1. The van der Waals surface area contributed by atoms with E-state index in [1.807, 2.05) is 6.07 Å². The number of nitrogens with zero attached hydrogens (tertiary/aromatic N) is 2. The molecule has 4 rings (SSSR count). The number of H-pyrrole nitrogens is 2. The van der Waals surface area contributed by atoms with E-state index < -0.39 is 10.0 Å². The van der Waals surface area contributed by atoms with Gasteiger partial charge >= 0.3 is 0 Å². The summed E-state index contributed by atoms with van der Waals surface area (Å²) < 4.78 is 27.6. The van der Waals surface area contributed by atoms with Gasteiger partial charge in [0.15, 0.2) is 5.65 Å². The summed E-state index contributed by atoms with van der Waals surface area (Å²) in [4.78, 5) is 7.28. The minimum Gasteiger partial charge on any atom is -0.359 e. The molecule has 0 spiro atoms. The molecular weight excluding hydrogens is 374 g/mol. The SMILES string of the molecule is O=S(=O)(NCc1ccc(Cl)cc1)c1c[nH]c(-c2[nH]nc3ncccc23)c1. The van der Waals surface area contributed by atoms with Gasteiger partial charge in [-0.15, -0.1) is 0 Å². The van der Waals surface area contributed by atoms with Crippen molar-refractivity contribution in [1.29, 1.82) is 0 Å². The van der Waals surface area contributed by atoms with Gasteiger partial charge in [0.05, 0.1) is 11.4 Å². The lowest BCUT2D eigenvalue weighted by Crippen LogP contribution is -2.22. The van der Waals surface area contributed by atoms with Crippen LogP contribution in [0.2, 0.25) is 5.02 Å². The normalized spacial score (nSPS) is 11.9. The van der Waals surface area contributed by atoms with Gasteiger partial charge in [0.2, 0.25) is 10.0 Å². The molecule has 4 aromatic rings. The van der Waals surface area contributed by atoms with Crippen LogP contribution in [0.1, 0.15) is 5.56 Å². The predicted octanol–water partition coefficient (Wildman–Crippen LogP) is 3.08. The highest BCUT2D eigenvalue weighted by Gasteiger charge is 2.18. The van der Waals surface area contributed by atoms with Gasteiger partial charge in [-0.05, 0) is 35.9 Å². The Hall–Kier alpha value is -2.68. The second-order valence-electron chi connectivity index (χ2n) is 5.67. The topological polar surface area (TPSA) is 104 Å². The number of rotatable bonds is 5. The number of hydrogen-bond acceptors (Lipinski definition) is 4. The van der Waals surface area contributed by atoms with E-state index in [9.17, 15) is 8.42 Å². The number of aromatic nitrogens is 4. The molecule has 0 amide bonds. The van der Waals surface area contributed by atoms with Crippen molar-refractivity contribution in [3.05, 3.63) is 65.4 Å². The third-order valence-electron chi connectivity index (χ3n) is 3.95. The molecule has 26 heavy (non-hydrogen) atoms. The van der Waals surface area contributed by atoms with E-state index in [-0.39, 0.29) is 11.4 Å². The van der Waals surface area contributed by atoms with E-state index in [0.717, 1.165) is 10.9 Å². The number of pyridine rings is 1. The van der Waals surface area contributed by atoms with Gasteiger partial charge in [-0.1, -0.05) is 23.7 Å². The Morgan fingerprint density at radius 3 is 2.77 bits per heavy atom. The molecule has 3 aromatic heterocycles. The minimum absolute atomic E-state index is 0.146. The van der Waals surface area contributed by atoms with Crippen molar-refractivity contribution in [1.82, 2.24) is 24.9 Å². The van der Waals surface area contributed by atoms with Crippen LogP contribution in [0.3, 0.4) is 0 Å². The Balaban J connectivity index is 1.57. The smallest absolute Gasteiger partial charge is 0.242 e. The molecule has 9 heteroatoms. The average molecular weight is 388 g/mol. The van der Waals surface area contributed by atoms with E-state index in [2.05, 4.69) is 24.9 Å². The monoisotopic (exact) mass is 387 g/mol. The highest BCUT2D eigenvalue weighted by atomic mass is 35.5. The first-order chi connectivity index (χ1) is 12.5. The summed E-state index contributed by atoms with van der Waals surface area (Å²) in [5.74, 6) is 0. The fourth-order valence-corrected chi connectivity index (χ4v) is 3.73. The molecule has 3 heterocycles. The summed E-state index contributed by atoms with van der Waals surface area (Å²) in [5, 5.41) is 8.42. The van der Waals surface area contributed by atoms with Crippen molar-refractivity contribution in [2.24, 2.45) is 0 Å². The third-order valence-corrected chi connectivity index (χ3v) is 5.58. The van der Waals surface area contributed by atoms with Gasteiger partial charge < -0.3 is 4.98 Å². The number of halogens is 1. The summed E-state index contributed by atoms with van der Waals surface area (Å²) in [5.41, 5.74) is 2.70. The van der Waals surface area contributed by atoms with Gasteiger partial charge in [-0.2, -0.15) is 5.10 Å². The second-order valence-corrected chi connectivity index (χ2v) is 7.88. The maximum Gasteiger partial charge on any atom is 0.242 e. The van der Waals surface area contributed by atoms with E-state index in [1.165, 1.54) is 6.20 Å².